The lowest BCUT2D eigenvalue weighted by Gasteiger charge is -2.47. The molecule has 164 valence electrons. The maximum absolute atomic E-state index is 13.3. The minimum atomic E-state index is -3.22. The molecule has 1 N–H and O–H groups in total. The van der Waals surface area contributed by atoms with Gasteiger partial charge in [-0.25, -0.2) is 13.2 Å². The van der Waals surface area contributed by atoms with Crippen LogP contribution in [0.1, 0.15) is 52.4 Å². The average Bonchev–Trinajstić information content (AvgIpc) is 3.38. The number of nitrogens with zero attached hydrogens (tertiary/aromatic N) is 2. The summed E-state index contributed by atoms with van der Waals surface area (Å²) < 4.78 is 26.0. The number of carbonyl (C=O) groups is 2. The van der Waals surface area contributed by atoms with Gasteiger partial charge in [-0.2, -0.15) is 0 Å². The van der Waals surface area contributed by atoms with E-state index in [9.17, 15) is 18.0 Å². The largest absolute Gasteiger partial charge is 0.326 e. The molecule has 0 bridgehead atoms. The molecule has 2 heterocycles. The monoisotopic (exact) mass is 425 g/mol. The molecule has 0 radical (unpaired) electrons. The normalized spacial score (nSPS) is 37.4. The van der Waals surface area contributed by atoms with Gasteiger partial charge >= 0.3 is 6.03 Å². The van der Waals surface area contributed by atoms with Crippen LogP contribution in [0.2, 0.25) is 0 Å². The first-order valence-electron chi connectivity index (χ1n) is 11.1. The summed E-state index contributed by atoms with van der Waals surface area (Å²) >= 11 is 0. The molecular formula is C21H35N3O4S. The molecule has 2 saturated heterocycles. The molecule has 29 heavy (non-hydrogen) atoms. The van der Waals surface area contributed by atoms with Crippen molar-refractivity contribution in [3.63, 3.8) is 0 Å². The van der Waals surface area contributed by atoms with Gasteiger partial charge in [0.15, 0.2) is 9.84 Å². The molecule has 0 aromatic rings. The Morgan fingerprint density at radius 2 is 1.86 bits per heavy atom. The number of piperidine rings is 1. The number of fused-ring (bicyclic) bond motifs is 1. The Kier molecular flexibility index (Phi) is 5.47. The molecule has 4 rings (SSSR count). The number of imide groups is 1. The zero-order valence-electron chi connectivity index (χ0n) is 17.9. The number of rotatable bonds is 5. The highest BCUT2D eigenvalue weighted by atomic mass is 32.2. The van der Waals surface area contributed by atoms with Crippen LogP contribution in [0, 0.1) is 23.2 Å². The van der Waals surface area contributed by atoms with Crippen molar-refractivity contribution in [1.82, 2.24) is 15.1 Å². The van der Waals surface area contributed by atoms with E-state index in [0.717, 1.165) is 32.4 Å². The Labute approximate surface area is 174 Å². The van der Waals surface area contributed by atoms with E-state index in [1.807, 2.05) is 6.92 Å². The molecule has 0 spiro atoms. The Balaban J connectivity index is 1.48. The zero-order chi connectivity index (χ0) is 21.0. The Bertz CT molecular complexity index is 779. The fourth-order valence-electron chi connectivity index (χ4n) is 5.59. The maximum atomic E-state index is 13.3. The van der Waals surface area contributed by atoms with Crippen molar-refractivity contribution in [2.45, 2.75) is 63.7 Å². The van der Waals surface area contributed by atoms with E-state index in [0.29, 0.717) is 31.7 Å². The summed E-state index contributed by atoms with van der Waals surface area (Å²) in [6.45, 7) is 6.43. The molecule has 5 atom stereocenters. The summed E-state index contributed by atoms with van der Waals surface area (Å²) in [5, 5.41) is 2.93. The third-order valence-corrected chi connectivity index (χ3v) is 10.2. The van der Waals surface area contributed by atoms with Crippen molar-refractivity contribution in [3.8, 4) is 0 Å². The fraction of sp³-hybridized carbons (Fsp3) is 0.905. The van der Waals surface area contributed by atoms with E-state index in [-0.39, 0.29) is 35.1 Å². The van der Waals surface area contributed by atoms with Gasteiger partial charge in [-0.05, 0) is 68.9 Å². The molecule has 7 nitrogen and oxygen atoms in total. The van der Waals surface area contributed by atoms with Gasteiger partial charge in [0.25, 0.3) is 0 Å². The van der Waals surface area contributed by atoms with E-state index in [1.54, 1.807) is 11.9 Å². The van der Waals surface area contributed by atoms with Gasteiger partial charge in [-0.15, -0.1) is 0 Å². The van der Waals surface area contributed by atoms with E-state index in [4.69, 9.17) is 0 Å². The predicted octanol–water partition coefficient (Wildman–Crippen LogP) is 1.88. The smallest absolute Gasteiger partial charge is 0.324 e. The van der Waals surface area contributed by atoms with Crippen LogP contribution in [0.25, 0.3) is 0 Å². The molecule has 8 heteroatoms. The van der Waals surface area contributed by atoms with Crippen LogP contribution in [0.4, 0.5) is 4.79 Å². The lowest BCUT2D eigenvalue weighted by Crippen LogP contribution is -2.63. The molecule has 2 aliphatic carbocycles. The van der Waals surface area contributed by atoms with Crippen LogP contribution >= 0.6 is 0 Å². The number of carbonyl (C=O) groups excluding carboxylic acids is 2. The van der Waals surface area contributed by atoms with Crippen molar-refractivity contribution in [1.29, 1.82) is 0 Å². The number of amides is 3. The fourth-order valence-corrected chi connectivity index (χ4v) is 8.09. The van der Waals surface area contributed by atoms with Gasteiger partial charge in [-0.1, -0.05) is 13.8 Å². The minimum Gasteiger partial charge on any atom is -0.324 e. The average molecular weight is 426 g/mol. The molecular weight excluding hydrogens is 390 g/mol. The lowest BCUT2D eigenvalue weighted by atomic mass is 9.80. The Morgan fingerprint density at radius 3 is 2.52 bits per heavy atom. The topological polar surface area (TPSA) is 86.8 Å². The highest BCUT2D eigenvalue weighted by molar-refractivity contribution is 7.92. The summed E-state index contributed by atoms with van der Waals surface area (Å²) in [5.74, 6) is 0.471. The molecule has 0 aromatic carbocycles. The molecule has 4 aliphatic rings. The second kappa shape index (κ2) is 7.52. The van der Waals surface area contributed by atoms with Gasteiger partial charge in [0.05, 0.1) is 16.9 Å². The SMILES string of the molecule is CC1CNCC(CN2C(=O)C3CC(S(=O)(=O)CC4(C)CC4)CCC3N(C)C2=O)C1. The van der Waals surface area contributed by atoms with Crippen molar-refractivity contribution >= 4 is 21.8 Å². The van der Waals surface area contributed by atoms with E-state index in [2.05, 4.69) is 12.2 Å². The highest BCUT2D eigenvalue weighted by Gasteiger charge is 2.51. The standard InChI is InChI=1S/C21H35N3O4S/c1-14-8-15(11-22-10-14)12-24-19(25)17-9-16(4-5-18(17)23(3)20(24)26)29(27,28)13-21(2)6-7-21/h14-18,22H,4-13H2,1-3H3. The van der Waals surface area contributed by atoms with Crippen LogP contribution in [0.15, 0.2) is 0 Å². The van der Waals surface area contributed by atoms with Gasteiger partial charge in [-0.3, -0.25) is 9.69 Å². The first kappa shape index (κ1) is 21.1. The van der Waals surface area contributed by atoms with Crippen molar-refractivity contribution in [2.24, 2.45) is 23.2 Å². The molecule has 2 aliphatic heterocycles. The molecule has 4 fully saturated rings. The quantitative estimate of drug-likeness (QED) is 0.727. The van der Waals surface area contributed by atoms with Crippen LogP contribution in [-0.4, -0.2) is 73.9 Å². The molecule has 5 unspecified atom stereocenters. The van der Waals surface area contributed by atoms with Crippen molar-refractivity contribution < 1.29 is 18.0 Å². The maximum Gasteiger partial charge on any atom is 0.326 e. The summed E-state index contributed by atoms with van der Waals surface area (Å²) in [4.78, 5) is 29.3. The van der Waals surface area contributed by atoms with Crippen LogP contribution in [-0.2, 0) is 14.6 Å². The number of hydrogen-bond acceptors (Lipinski definition) is 5. The van der Waals surface area contributed by atoms with Crippen LogP contribution in [0.5, 0.6) is 0 Å². The van der Waals surface area contributed by atoms with Gasteiger partial charge < -0.3 is 10.2 Å². The number of sulfone groups is 1. The third-order valence-electron chi connectivity index (χ3n) is 7.64. The Morgan fingerprint density at radius 1 is 1.14 bits per heavy atom. The van der Waals surface area contributed by atoms with Gasteiger partial charge in [0.2, 0.25) is 5.91 Å². The minimum absolute atomic E-state index is 0.0598. The second-order valence-electron chi connectivity index (χ2n) is 10.4. The summed E-state index contributed by atoms with van der Waals surface area (Å²) in [6, 6.07) is -0.390. The van der Waals surface area contributed by atoms with Crippen LogP contribution < -0.4 is 5.32 Å². The lowest BCUT2D eigenvalue weighted by molar-refractivity contribution is -0.140. The first-order valence-corrected chi connectivity index (χ1v) is 12.8. The number of hydrogen-bond donors (Lipinski definition) is 1. The third kappa shape index (κ3) is 4.20. The van der Waals surface area contributed by atoms with E-state index >= 15 is 0 Å². The van der Waals surface area contributed by atoms with Gasteiger partial charge in [0, 0.05) is 19.6 Å². The summed E-state index contributed by atoms with van der Waals surface area (Å²) in [6.07, 6.45) is 4.45. The van der Waals surface area contributed by atoms with E-state index in [1.165, 1.54) is 4.90 Å². The first-order chi connectivity index (χ1) is 13.6. The predicted molar refractivity (Wildman–Crippen MR) is 111 cm³/mol. The molecule has 2 saturated carbocycles. The number of urea groups is 1. The summed E-state index contributed by atoms with van der Waals surface area (Å²) in [7, 11) is -1.45. The highest BCUT2D eigenvalue weighted by Crippen LogP contribution is 2.47. The Hall–Kier alpha value is -1.15. The van der Waals surface area contributed by atoms with Gasteiger partial charge in [0.1, 0.15) is 0 Å². The summed E-state index contributed by atoms with van der Waals surface area (Å²) in [5.41, 5.74) is -0.0598. The molecule has 0 aromatic heterocycles. The second-order valence-corrected chi connectivity index (χ2v) is 12.7. The van der Waals surface area contributed by atoms with Crippen LogP contribution in [0.3, 0.4) is 0 Å². The number of nitrogens with one attached hydrogen (secondary N) is 1. The van der Waals surface area contributed by atoms with Crippen molar-refractivity contribution in [3.05, 3.63) is 0 Å². The van der Waals surface area contributed by atoms with Crippen molar-refractivity contribution in [2.75, 3.05) is 32.4 Å². The van der Waals surface area contributed by atoms with E-state index < -0.39 is 21.0 Å². The molecule has 3 amide bonds. The zero-order valence-corrected chi connectivity index (χ0v) is 18.7.